The fraction of sp³-hybridized carbons (Fsp3) is 0.462. The van der Waals surface area contributed by atoms with E-state index in [0.717, 1.165) is 37.5 Å². The van der Waals surface area contributed by atoms with Crippen LogP contribution in [-0.4, -0.2) is 47.6 Å². The van der Waals surface area contributed by atoms with Gasteiger partial charge in [0.25, 0.3) is 0 Å². The van der Waals surface area contributed by atoms with Crippen molar-refractivity contribution < 1.29 is 27.5 Å². The summed E-state index contributed by atoms with van der Waals surface area (Å²) in [6, 6.07) is 6.99. The highest BCUT2D eigenvalue weighted by Crippen LogP contribution is 2.41. The number of likely N-dealkylation sites (tertiary alicyclic amines) is 1. The molecule has 1 N–H and O–H groups in total. The maximum absolute atomic E-state index is 15.7. The Morgan fingerprint density at radius 3 is 2.56 bits per heavy atom. The lowest BCUT2D eigenvalue weighted by Crippen LogP contribution is -2.64. The quantitative estimate of drug-likeness (QED) is 0.732. The molecule has 2 heterocycles. The van der Waals surface area contributed by atoms with E-state index in [4.69, 9.17) is 4.74 Å². The highest BCUT2D eigenvalue weighted by molar-refractivity contribution is 5.82. The molecule has 2 amide bonds. The topological polar surface area (TPSA) is 58.6 Å². The summed E-state index contributed by atoms with van der Waals surface area (Å²) in [5, 5.41) is 3.05. The number of nitrogens with one attached hydrogen (secondary N) is 1. The maximum Gasteiger partial charge on any atom is 0.246 e. The van der Waals surface area contributed by atoms with Crippen molar-refractivity contribution in [3.8, 4) is 11.1 Å². The molecule has 3 unspecified atom stereocenters. The Kier molecular flexibility index (Phi) is 5.88. The van der Waals surface area contributed by atoms with Gasteiger partial charge in [-0.3, -0.25) is 9.59 Å². The smallest absolute Gasteiger partial charge is 0.246 e. The van der Waals surface area contributed by atoms with Crippen LogP contribution in [-0.2, 0) is 20.7 Å². The molecule has 1 aliphatic carbocycles. The van der Waals surface area contributed by atoms with E-state index in [1.165, 1.54) is 6.07 Å². The van der Waals surface area contributed by atoms with E-state index >= 15 is 4.39 Å². The summed E-state index contributed by atoms with van der Waals surface area (Å²) in [6.45, 7) is 2.13. The van der Waals surface area contributed by atoms with Gasteiger partial charge in [-0.15, -0.1) is 0 Å². The maximum atomic E-state index is 15.7. The van der Waals surface area contributed by atoms with E-state index in [1.54, 1.807) is 12.1 Å². The minimum atomic E-state index is -0.818. The number of halogens is 3. The summed E-state index contributed by atoms with van der Waals surface area (Å²) in [7, 11) is 0. The van der Waals surface area contributed by atoms with Gasteiger partial charge in [0.15, 0.2) is 0 Å². The van der Waals surface area contributed by atoms with Gasteiger partial charge in [0.2, 0.25) is 11.8 Å². The zero-order valence-corrected chi connectivity index (χ0v) is 19.0. The third-order valence-corrected chi connectivity index (χ3v) is 7.46. The van der Waals surface area contributed by atoms with Crippen molar-refractivity contribution in [1.82, 2.24) is 10.2 Å². The van der Waals surface area contributed by atoms with E-state index in [1.807, 2.05) is 11.8 Å². The van der Waals surface area contributed by atoms with Gasteiger partial charge in [0, 0.05) is 23.6 Å². The van der Waals surface area contributed by atoms with Crippen molar-refractivity contribution in [2.45, 2.75) is 56.7 Å². The van der Waals surface area contributed by atoms with E-state index in [9.17, 15) is 18.4 Å². The molecule has 2 aliphatic heterocycles. The van der Waals surface area contributed by atoms with Crippen molar-refractivity contribution in [2.75, 3.05) is 13.2 Å². The second-order valence-electron chi connectivity index (χ2n) is 9.78. The molecule has 0 bridgehead atoms. The molecule has 0 radical (unpaired) electrons. The van der Waals surface area contributed by atoms with Gasteiger partial charge in [-0.2, -0.15) is 0 Å². The summed E-state index contributed by atoms with van der Waals surface area (Å²) in [5.74, 6) is -2.45. The molecule has 2 aromatic carbocycles. The lowest BCUT2D eigenvalue weighted by atomic mass is 9.82. The molecule has 1 spiro atoms. The summed E-state index contributed by atoms with van der Waals surface area (Å²) >= 11 is 0. The SMILES string of the molecule is CC1CC2(COCC(=O)N2)C(Cc2cccc(-c3cc(F)cc(F)c3)c2F)N1C(=O)C1CCC1. The van der Waals surface area contributed by atoms with Gasteiger partial charge in [-0.25, -0.2) is 13.2 Å². The molecule has 5 rings (SSSR count). The van der Waals surface area contributed by atoms with Crippen LogP contribution >= 0.6 is 0 Å². The Hall–Kier alpha value is -2.87. The molecule has 3 fully saturated rings. The molecule has 2 aromatic rings. The number of benzene rings is 2. The molecule has 2 saturated heterocycles. The number of hydrogen-bond donors (Lipinski definition) is 1. The van der Waals surface area contributed by atoms with Crippen molar-refractivity contribution in [3.63, 3.8) is 0 Å². The van der Waals surface area contributed by atoms with E-state index in [0.29, 0.717) is 12.0 Å². The van der Waals surface area contributed by atoms with Crippen LogP contribution in [0.5, 0.6) is 0 Å². The van der Waals surface area contributed by atoms with Gasteiger partial charge in [0.1, 0.15) is 24.1 Å². The Morgan fingerprint density at radius 2 is 1.91 bits per heavy atom. The van der Waals surface area contributed by atoms with Crippen LogP contribution in [0.1, 0.15) is 38.2 Å². The minimum absolute atomic E-state index is 0.0317. The number of morpholine rings is 1. The molecular formula is C26H27F3N2O3. The molecule has 0 aromatic heterocycles. The number of ether oxygens (including phenoxy) is 1. The lowest BCUT2D eigenvalue weighted by Gasteiger charge is -2.42. The standard InChI is InChI=1S/C26H27F3N2O3/c1-15-12-26(14-34-13-23(32)30-26)22(31(15)25(33)16-4-2-5-16)10-17-6-3-7-21(24(17)29)18-8-19(27)11-20(28)9-18/h3,6-9,11,15-16,22H,2,4-5,10,12-14H2,1H3,(H,30,32). The Morgan fingerprint density at radius 1 is 1.18 bits per heavy atom. The predicted molar refractivity (Wildman–Crippen MR) is 119 cm³/mol. The second-order valence-corrected chi connectivity index (χ2v) is 9.78. The van der Waals surface area contributed by atoms with Crippen molar-refractivity contribution >= 4 is 11.8 Å². The molecule has 1 saturated carbocycles. The molecule has 3 aliphatic rings. The number of rotatable bonds is 4. The van der Waals surface area contributed by atoms with Crippen LogP contribution in [0.3, 0.4) is 0 Å². The molecule has 5 nitrogen and oxygen atoms in total. The normalized spacial score (nSPS) is 27.1. The number of nitrogens with zero attached hydrogens (tertiary/aromatic N) is 1. The van der Waals surface area contributed by atoms with Gasteiger partial charge < -0.3 is 15.0 Å². The molecule has 34 heavy (non-hydrogen) atoms. The van der Waals surface area contributed by atoms with Crippen LogP contribution in [0.15, 0.2) is 36.4 Å². The van der Waals surface area contributed by atoms with Gasteiger partial charge in [-0.05, 0) is 55.9 Å². The highest BCUT2D eigenvalue weighted by atomic mass is 19.1. The Balaban J connectivity index is 1.53. The third kappa shape index (κ3) is 3.98. The fourth-order valence-electron chi connectivity index (χ4n) is 5.71. The van der Waals surface area contributed by atoms with E-state index in [2.05, 4.69) is 5.32 Å². The number of hydrogen-bond acceptors (Lipinski definition) is 3. The first kappa shape index (κ1) is 22.9. The Bertz CT molecular complexity index is 1120. The Labute approximate surface area is 196 Å². The van der Waals surface area contributed by atoms with Gasteiger partial charge >= 0.3 is 0 Å². The van der Waals surface area contributed by atoms with Crippen LogP contribution in [0.4, 0.5) is 13.2 Å². The zero-order chi connectivity index (χ0) is 24.0. The molecule has 180 valence electrons. The van der Waals surface area contributed by atoms with Crippen LogP contribution in [0, 0.1) is 23.4 Å². The largest absolute Gasteiger partial charge is 0.369 e. The van der Waals surface area contributed by atoms with Crippen LogP contribution in [0.25, 0.3) is 11.1 Å². The van der Waals surface area contributed by atoms with Crippen molar-refractivity contribution in [1.29, 1.82) is 0 Å². The third-order valence-electron chi connectivity index (χ3n) is 7.46. The first-order valence-electron chi connectivity index (χ1n) is 11.7. The summed E-state index contributed by atoms with van der Waals surface area (Å²) < 4.78 is 48.9. The monoisotopic (exact) mass is 472 g/mol. The number of carbonyl (C=O) groups excluding carboxylic acids is 2. The first-order chi connectivity index (χ1) is 16.3. The van der Waals surface area contributed by atoms with Gasteiger partial charge in [0.05, 0.1) is 18.2 Å². The summed E-state index contributed by atoms with van der Waals surface area (Å²) in [6.07, 6.45) is 3.33. The molecule has 8 heteroatoms. The van der Waals surface area contributed by atoms with E-state index in [-0.39, 0.29) is 54.5 Å². The van der Waals surface area contributed by atoms with Crippen LogP contribution in [0.2, 0.25) is 0 Å². The van der Waals surface area contributed by atoms with Crippen LogP contribution < -0.4 is 5.32 Å². The fourth-order valence-corrected chi connectivity index (χ4v) is 5.71. The van der Waals surface area contributed by atoms with Crippen molar-refractivity contribution in [3.05, 3.63) is 59.4 Å². The van der Waals surface area contributed by atoms with Crippen molar-refractivity contribution in [2.24, 2.45) is 5.92 Å². The molecular weight excluding hydrogens is 445 g/mol. The van der Waals surface area contributed by atoms with E-state index < -0.39 is 29.0 Å². The first-order valence-corrected chi connectivity index (χ1v) is 11.7. The summed E-state index contributed by atoms with van der Waals surface area (Å²) in [5.41, 5.74) is -0.326. The lowest BCUT2D eigenvalue weighted by molar-refractivity contribution is -0.145. The minimum Gasteiger partial charge on any atom is -0.369 e. The number of amides is 2. The molecule has 3 atom stereocenters. The average Bonchev–Trinajstić information content (AvgIpc) is 2.97. The zero-order valence-electron chi connectivity index (χ0n) is 19.0. The average molecular weight is 473 g/mol. The number of carbonyl (C=O) groups is 2. The predicted octanol–water partition coefficient (Wildman–Crippen LogP) is 3.99. The van der Waals surface area contributed by atoms with Gasteiger partial charge in [-0.1, -0.05) is 24.6 Å². The summed E-state index contributed by atoms with van der Waals surface area (Å²) in [4.78, 5) is 27.5. The second kappa shape index (κ2) is 8.73. The highest BCUT2D eigenvalue weighted by Gasteiger charge is 2.55.